The lowest BCUT2D eigenvalue weighted by atomic mass is 10.0. The number of carbonyl (C=O) groups excluding carboxylic acids is 2. The Hall–Kier alpha value is -4.31. The summed E-state index contributed by atoms with van der Waals surface area (Å²) in [7, 11) is 0. The number of nitrogens with zero attached hydrogens (tertiary/aromatic N) is 2. The third kappa shape index (κ3) is 5.54. The summed E-state index contributed by atoms with van der Waals surface area (Å²) < 4.78 is 7.70. The highest BCUT2D eigenvalue weighted by Gasteiger charge is 2.54. The predicted octanol–water partition coefficient (Wildman–Crippen LogP) is 6.78. The number of rotatable bonds is 8. The number of hydrogen-bond acceptors (Lipinski definition) is 7. The van der Waals surface area contributed by atoms with Crippen LogP contribution in [0.5, 0.6) is 0 Å². The second kappa shape index (κ2) is 12.4. The first-order valence-electron chi connectivity index (χ1n) is 14.2. The van der Waals surface area contributed by atoms with E-state index in [0.717, 1.165) is 37.5 Å². The molecule has 0 radical (unpaired) electrons. The third-order valence-electron chi connectivity index (χ3n) is 7.67. The van der Waals surface area contributed by atoms with E-state index in [1.165, 1.54) is 0 Å². The van der Waals surface area contributed by atoms with Crippen LogP contribution >= 0.6 is 35.3 Å². The smallest absolute Gasteiger partial charge is 0.253 e. The van der Waals surface area contributed by atoms with Gasteiger partial charge in [0, 0.05) is 11.3 Å². The van der Waals surface area contributed by atoms with E-state index in [1.807, 2.05) is 115 Å². The van der Waals surface area contributed by atoms with Gasteiger partial charge in [0.1, 0.15) is 28.2 Å². The molecule has 2 amide bonds. The largest absolute Gasteiger partial charge is 0.469 e. The lowest BCUT2D eigenvalue weighted by Gasteiger charge is -2.50. The number of thiazole rings is 1. The zero-order chi connectivity index (χ0) is 30.0. The van der Waals surface area contributed by atoms with Crippen LogP contribution in [0.1, 0.15) is 27.8 Å². The number of thiocarbonyl (C=S) groups is 1. The number of amides is 2. The van der Waals surface area contributed by atoms with Gasteiger partial charge in [-0.15, -0.1) is 23.1 Å². The van der Waals surface area contributed by atoms with Crippen LogP contribution in [0.3, 0.4) is 0 Å². The van der Waals surface area contributed by atoms with Gasteiger partial charge < -0.3 is 10.1 Å². The van der Waals surface area contributed by atoms with E-state index < -0.39 is 12.1 Å². The molecule has 1 fully saturated rings. The van der Waals surface area contributed by atoms with Crippen molar-refractivity contribution in [2.24, 2.45) is 0 Å². The zero-order valence-corrected chi connectivity index (χ0v) is 25.9. The molecule has 218 valence electrons. The van der Waals surface area contributed by atoms with Crippen molar-refractivity contribution in [3.63, 3.8) is 0 Å². The van der Waals surface area contributed by atoms with E-state index in [1.54, 1.807) is 28.0 Å². The lowest BCUT2D eigenvalue weighted by molar-refractivity contribution is -0.145. The second-order valence-electron chi connectivity index (χ2n) is 10.5. The van der Waals surface area contributed by atoms with Crippen LogP contribution in [0, 0.1) is 0 Å². The van der Waals surface area contributed by atoms with Crippen LogP contribution < -0.4 is 5.32 Å². The molecule has 6 nitrogen and oxygen atoms in total. The Morgan fingerprint density at radius 2 is 1.52 bits per heavy atom. The molecule has 44 heavy (non-hydrogen) atoms. The molecule has 7 rings (SSSR count). The van der Waals surface area contributed by atoms with Gasteiger partial charge in [0.2, 0.25) is 11.0 Å². The number of nitrogens with one attached hydrogen (secondary N) is 1. The van der Waals surface area contributed by atoms with Crippen LogP contribution in [0.15, 0.2) is 121 Å². The van der Waals surface area contributed by atoms with Crippen molar-refractivity contribution in [3.05, 3.63) is 143 Å². The number of ether oxygens (including phenoxy) is 1. The first-order valence-corrected chi connectivity index (χ1v) is 16.5. The average Bonchev–Trinajstić information content (AvgIpc) is 3.51. The summed E-state index contributed by atoms with van der Waals surface area (Å²) in [6.45, 7) is 0. The number of fused-ring (bicyclic) bond motifs is 2. The summed E-state index contributed by atoms with van der Waals surface area (Å²) in [5.41, 5.74) is 5.10. The SMILES string of the molecule is O=C(Cc1ccccc1)NC1C(=O)N2C(C(=S)OC(c3ccccc3)c3ccccc3)=C(c3nc4ccccc4s3)CS[C@H]12. The molecule has 2 aliphatic rings. The second-order valence-corrected chi connectivity index (χ2v) is 13.0. The van der Waals surface area contributed by atoms with Crippen molar-refractivity contribution in [1.82, 2.24) is 15.2 Å². The van der Waals surface area contributed by atoms with Gasteiger partial charge in [-0.25, -0.2) is 4.98 Å². The highest BCUT2D eigenvalue weighted by Crippen LogP contribution is 2.46. The van der Waals surface area contributed by atoms with Crippen molar-refractivity contribution >= 4 is 68.0 Å². The van der Waals surface area contributed by atoms with Gasteiger partial charge >= 0.3 is 0 Å². The van der Waals surface area contributed by atoms with E-state index in [4.69, 9.17) is 21.9 Å². The minimum absolute atomic E-state index is 0.190. The fourth-order valence-corrected chi connectivity index (χ4v) is 8.29. The van der Waals surface area contributed by atoms with E-state index in [0.29, 0.717) is 11.4 Å². The van der Waals surface area contributed by atoms with Gasteiger partial charge in [0.15, 0.2) is 0 Å². The highest BCUT2D eigenvalue weighted by molar-refractivity contribution is 8.00. The Morgan fingerprint density at radius 1 is 0.909 bits per heavy atom. The summed E-state index contributed by atoms with van der Waals surface area (Å²) in [5.74, 6) is 0.169. The monoisotopic (exact) mass is 633 g/mol. The first kappa shape index (κ1) is 28.5. The summed E-state index contributed by atoms with van der Waals surface area (Å²) in [5, 5.41) is 3.70. The molecule has 4 aromatic carbocycles. The average molecular weight is 634 g/mol. The van der Waals surface area contributed by atoms with E-state index in [-0.39, 0.29) is 28.7 Å². The number of carbonyl (C=O) groups is 2. The molecule has 1 unspecified atom stereocenters. The molecule has 3 heterocycles. The number of aromatic nitrogens is 1. The highest BCUT2D eigenvalue weighted by atomic mass is 32.2. The van der Waals surface area contributed by atoms with Crippen LogP contribution in [0.25, 0.3) is 15.8 Å². The van der Waals surface area contributed by atoms with Crippen LogP contribution in [-0.2, 0) is 20.7 Å². The van der Waals surface area contributed by atoms with Gasteiger partial charge in [-0.3, -0.25) is 14.5 Å². The fraction of sp³-hybridized carbons (Fsp3) is 0.143. The first-order chi connectivity index (χ1) is 21.6. The predicted molar refractivity (Wildman–Crippen MR) is 180 cm³/mol. The molecule has 1 aromatic heterocycles. The molecule has 2 atom stereocenters. The number of para-hydroxylation sites is 1. The van der Waals surface area contributed by atoms with E-state index in [9.17, 15) is 9.59 Å². The molecule has 0 bridgehead atoms. The van der Waals surface area contributed by atoms with Gasteiger partial charge in [0.25, 0.3) is 5.91 Å². The van der Waals surface area contributed by atoms with Crippen molar-refractivity contribution in [2.45, 2.75) is 23.9 Å². The lowest BCUT2D eigenvalue weighted by Crippen LogP contribution is -2.70. The van der Waals surface area contributed by atoms with Gasteiger partial charge in [-0.05, 0) is 41.0 Å². The minimum Gasteiger partial charge on any atom is -0.469 e. The van der Waals surface area contributed by atoms with E-state index >= 15 is 0 Å². The van der Waals surface area contributed by atoms with Crippen molar-refractivity contribution in [3.8, 4) is 0 Å². The number of β-lactam (4-membered cyclic amide) rings is 1. The Labute approximate surface area is 268 Å². The molecule has 1 N–H and O–H groups in total. The Kier molecular flexibility index (Phi) is 7.99. The minimum atomic E-state index is -0.648. The Morgan fingerprint density at radius 3 is 2.18 bits per heavy atom. The molecule has 0 aliphatic carbocycles. The fourth-order valence-electron chi connectivity index (χ4n) is 5.53. The van der Waals surface area contributed by atoms with Crippen LogP contribution in [0.4, 0.5) is 0 Å². The molecule has 1 saturated heterocycles. The maximum absolute atomic E-state index is 13.8. The van der Waals surface area contributed by atoms with Crippen molar-refractivity contribution < 1.29 is 14.3 Å². The molecular weight excluding hydrogens is 607 g/mol. The molecule has 2 aliphatic heterocycles. The zero-order valence-electron chi connectivity index (χ0n) is 23.5. The topological polar surface area (TPSA) is 71.5 Å². The van der Waals surface area contributed by atoms with Gasteiger partial charge in [-0.1, -0.05) is 103 Å². The molecule has 0 saturated carbocycles. The third-order valence-corrected chi connectivity index (χ3v) is 10.3. The summed E-state index contributed by atoms with van der Waals surface area (Å²) in [6.07, 6.45) is -0.265. The van der Waals surface area contributed by atoms with Crippen molar-refractivity contribution in [2.75, 3.05) is 5.75 Å². The van der Waals surface area contributed by atoms with Gasteiger partial charge in [-0.2, -0.15) is 0 Å². The molecule has 5 aromatic rings. The Bertz CT molecular complexity index is 1800. The van der Waals surface area contributed by atoms with Crippen molar-refractivity contribution in [1.29, 1.82) is 0 Å². The maximum atomic E-state index is 13.8. The number of thioether (sulfide) groups is 1. The molecular formula is C35H27N3O3S3. The summed E-state index contributed by atoms with van der Waals surface area (Å²) in [6, 6.07) is 36.7. The van der Waals surface area contributed by atoms with Crippen LogP contribution in [-0.4, -0.2) is 43.9 Å². The van der Waals surface area contributed by atoms with Crippen LogP contribution in [0.2, 0.25) is 0 Å². The quantitative estimate of drug-likeness (QED) is 0.150. The molecule has 0 spiro atoms. The van der Waals surface area contributed by atoms with Gasteiger partial charge in [0.05, 0.1) is 16.6 Å². The normalized spacial score (nSPS) is 17.8. The number of hydrogen-bond donors (Lipinski definition) is 1. The summed E-state index contributed by atoms with van der Waals surface area (Å²) >= 11 is 9.22. The van der Waals surface area contributed by atoms with E-state index in [2.05, 4.69) is 5.32 Å². The molecule has 9 heteroatoms. The summed E-state index contributed by atoms with van der Waals surface area (Å²) in [4.78, 5) is 33.3. The number of benzene rings is 4. The Balaban J connectivity index is 1.23. The standard InChI is InChI=1S/C35H27N3O3S3/c39-28(20-22-12-4-1-5-13-22)37-29-33(40)38-30(25(21-43-34(29)38)32-36-26-18-10-11-19-27(26)44-32)35(42)41-31(23-14-6-2-7-15-23)24-16-8-3-9-17-24/h1-19,29,31,34H,20-21H2,(H,37,39)/t29?,34-/m1/s1. The maximum Gasteiger partial charge on any atom is 0.253 e.